The van der Waals surface area contributed by atoms with E-state index < -0.39 is 0 Å². The zero-order valence-electron chi connectivity index (χ0n) is 18.2. The summed E-state index contributed by atoms with van der Waals surface area (Å²) >= 11 is 0. The number of anilines is 1. The lowest BCUT2D eigenvalue weighted by Gasteiger charge is -2.40. The fourth-order valence-corrected chi connectivity index (χ4v) is 4.92. The number of amides is 1. The minimum atomic E-state index is -0.218. The van der Waals surface area contributed by atoms with Crippen LogP contribution in [0.5, 0.6) is 5.75 Å². The van der Waals surface area contributed by atoms with Crippen molar-refractivity contribution in [3.63, 3.8) is 0 Å². The molecule has 2 aromatic carbocycles. The summed E-state index contributed by atoms with van der Waals surface area (Å²) in [6.07, 6.45) is 2.38. The number of ether oxygens (including phenoxy) is 1. The van der Waals surface area contributed by atoms with E-state index in [4.69, 9.17) is 4.74 Å². The van der Waals surface area contributed by atoms with E-state index in [-0.39, 0.29) is 17.1 Å². The number of hydrogen-bond acceptors (Lipinski definition) is 3. The van der Waals surface area contributed by atoms with Gasteiger partial charge in [-0.1, -0.05) is 26.0 Å². The van der Waals surface area contributed by atoms with Gasteiger partial charge in [0.1, 0.15) is 11.6 Å². The largest absolute Gasteiger partial charge is 0.497 e. The number of nitrogens with zero attached hydrogens (tertiary/aromatic N) is 2. The van der Waals surface area contributed by atoms with Crippen LogP contribution in [0.15, 0.2) is 42.5 Å². The zero-order chi connectivity index (χ0) is 21.3. The topological polar surface area (TPSA) is 32.8 Å². The van der Waals surface area contributed by atoms with Crippen LogP contribution < -0.4 is 9.64 Å². The highest BCUT2D eigenvalue weighted by atomic mass is 19.1. The van der Waals surface area contributed by atoms with E-state index in [0.29, 0.717) is 18.9 Å². The first-order valence-electron chi connectivity index (χ1n) is 10.9. The van der Waals surface area contributed by atoms with Crippen molar-refractivity contribution in [1.82, 2.24) is 4.90 Å². The summed E-state index contributed by atoms with van der Waals surface area (Å²) in [5, 5.41) is 0. The summed E-state index contributed by atoms with van der Waals surface area (Å²) in [6.45, 7) is 7.53. The average Bonchev–Trinajstić information content (AvgIpc) is 3.03. The SMILES string of the molecule is COc1cccc(CN2CCC3(CC2)CN(C(=O)CC(C)C)c2ccc(F)cc23)c1. The van der Waals surface area contributed by atoms with Gasteiger partial charge in [0.2, 0.25) is 5.91 Å². The summed E-state index contributed by atoms with van der Waals surface area (Å²) in [5.41, 5.74) is 3.01. The first-order valence-corrected chi connectivity index (χ1v) is 10.9. The predicted octanol–water partition coefficient (Wildman–Crippen LogP) is 4.76. The van der Waals surface area contributed by atoms with E-state index in [1.807, 2.05) is 17.0 Å². The van der Waals surface area contributed by atoms with Gasteiger partial charge in [0.25, 0.3) is 0 Å². The number of hydrogen-bond donors (Lipinski definition) is 0. The summed E-state index contributed by atoms with van der Waals surface area (Å²) in [6, 6.07) is 13.1. The van der Waals surface area contributed by atoms with Gasteiger partial charge in [-0.05, 0) is 73.3 Å². The van der Waals surface area contributed by atoms with Gasteiger partial charge < -0.3 is 9.64 Å². The Hall–Kier alpha value is -2.40. The van der Waals surface area contributed by atoms with Gasteiger partial charge in [-0.15, -0.1) is 0 Å². The van der Waals surface area contributed by atoms with Crippen LogP contribution in [0.3, 0.4) is 0 Å². The summed E-state index contributed by atoms with van der Waals surface area (Å²) in [4.78, 5) is 17.3. The van der Waals surface area contributed by atoms with Crippen LogP contribution in [0.2, 0.25) is 0 Å². The van der Waals surface area contributed by atoms with Crippen molar-refractivity contribution in [2.45, 2.75) is 45.1 Å². The number of piperidine rings is 1. The van der Waals surface area contributed by atoms with Crippen LogP contribution in [0, 0.1) is 11.7 Å². The summed E-state index contributed by atoms with van der Waals surface area (Å²) in [5.74, 6) is 1.11. The van der Waals surface area contributed by atoms with Gasteiger partial charge in [-0.3, -0.25) is 9.69 Å². The zero-order valence-corrected chi connectivity index (χ0v) is 18.2. The second-order valence-electron chi connectivity index (χ2n) is 9.15. The molecule has 0 aromatic heterocycles. The maximum atomic E-state index is 14.1. The predicted molar refractivity (Wildman–Crippen MR) is 117 cm³/mol. The van der Waals surface area contributed by atoms with Crippen molar-refractivity contribution in [2.75, 3.05) is 31.6 Å². The maximum absolute atomic E-state index is 14.1. The van der Waals surface area contributed by atoms with Gasteiger partial charge in [-0.25, -0.2) is 4.39 Å². The Morgan fingerprint density at radius 2 is 1.93 bits per heavy atom. The van der Waals surface area contributed by atoms with Gasteiger partial charge in [0, 0.05) is 30.6 Å². The molecule has 0 saturated carbocycles. The molecule has 1 fully saturated rings. The molecule has 0 aliphatic carbocycles. The summed E-state index contributed by atoms with van der Waals surface area (Å²) < 4.78 is 19.5. The maximum Gasteiger partial charge on any atom is 0.227 e. The number of carbonyl (C=O) groups is 1. The Bertz CT molecular complexity index is 919. The molecule has 1 amide bonds. The molecule has 4 rings (SSSR count). The first-order chi connectivity index (χ1) is 14.4. The number of likely N-dealkylation sites (tertiary alicyclic amines) is 1. The quantitative estimate of drug-likeness (QED) is 0.712. The van der Waals surface area contributed by atoms with Crippen LogP contribution in [0.25, 0.3) is 0 Å². The van der Waals surface area contributed by atoms with Crippen LogP contribution in [0.1, 0.15) is 44.2 Å². The van der Waals surface area contributed by atoms with Crippen molar-refractivity contribution < 1.29 is 13.9 Å². The van der Waals surface area contributed by atoms with Crippen LogP contribution in [0.4, 0.5) is 10.1 Å². The molecule has 4 nitrogen and oxygen atoms in total. The molecule has 1 spiro atoms. The van der Waals surface area contributed by atoms with Crippen molar-refractivity contribution in [3.8, 4) is 5.75 Å². The minimum absolute atomic E-state index is 0.144. The monoisotopic (exact) mass is 410 g/mol. The Labute approximate surface area is 178 Å². The van der Waals surface area contributed by atoms with Crippen molar-refractivity contribution in [1.29, 1.82) is 0 Å². The molecule has 2 aliphatic rings. The molecule has 30 heavy (non-hydrogen) atoms. The second kappa shape index (κ2) is 8.38. The molecule has 0 unspecified atom stereocenters. The lowest BCUT2D eigenvalue weighted by Crippen LogP contribution is -2.45. The lowest BCUT2D eigenvalue weighted by molar-refractivity contribution is -0.119. The van der Waals surface area contributed by atoms with Gasteiger partial charge in [0.05, 0.1) is 7.11 Å². The number of fused-ring (bicyclic) bond motifs is 2. The molecular formula is C25H31FN2O2. The fraction of sp³-hybridized carbons (Fsp3) is 0.480. The van der Waals surface area contributed by atoms with Gasteiger partial charge in [-0.2, -0.15) is 0 Å². The smallest absolute Gasteiger partial charge is 0.227 e. The molecule has 5 heteroatoms. The van der Waals surface area contributed by atoms with Crippen LogP contribution in [-0.4, -0.2) is 37.6 Å². The number of carbonyl (C=O) groups excluding carboxylic acids is 1. The van der Waals surface area contributed by atoms with Gasteiger partial charge in [0.15, 0.2) is 0 Å². The third-order valence-corrected chi connectivity index (χ3v) is 6.52. The summed E-state index contributed by atoms with van der Waals surface area (Å²) in [7, 11) is 1.69. The van der Waals surface area contributed by atoms with Crippen molar-refractivity contribution in [2.24, 2.45) is 5.92 Å². The Balaban J connectivity index is 1.51. The number of methoxy groups -OCH3 is 1. The third kappa shape index (κ3) is 4.08. The highest BCUT2D eigenvalue weighted by Crippen LogP contribution is 2.47. The normalized spacial score (nSPS) is 18.1. The molecule has 0 bridgehead atoms. The standard InChI is InChI=1S/C25H31FN2O2/c1-18(2)13-24(29)28-17-25(22-15-20(26)7-8-23(22)28)9-11-27(12-10-25)16-19-5-4-6-21(14-19)30-3/h4-8,14-15,18H,9-13,16-17H2,1-3H3. The Morgan fingerprint density at radius 3 is 2.63 bits per heavy atom. The van der Waals surface area contributed by atoms with Crippen molar-refractivity contribution >= 4 is 11.6 Å². The van der Waals surface area contributed by atoms with Crippen molar-refractivity contribution in [3.05, 3.63) is 59.4 Å². The van der Waals surface area contributed by atoms with E-state index in [1.165, 1.54) is 11.6 Å². The first kappa shape index (κ1) is 20.9. The van der Waals surface area contributed by atoms with E-state index >= 15 is 0 Å². The van der Waals surface area contributed by atoms with Crippen LogP contribution in [-0.2, 0) is 16.8 Å². The van der Waals surface area contributed by atoms with E-state index in [1.54, 1.807) is 19.2 Å². The average molecular weight is 411 g/mol. The molecule has 1 saturated heterocycles. The molecule has 0 atom stereocenters. The minimum Gasteiger partial charge on any atom is -0.497 e. The number of halogens is 1. The molecule has 160 valence electrons. The van der Waals surface area contributed by atoms with Crippen LogP contribution >= 0.6 is 0 Å². The highest BCUT2D eigenvalue weighted by molar-refractivity contribution is 5.96. The molecule has 2 heterocycles. The third-order valence-electron chi connectivity index (χ3n) is 6.52. The molecule has 2 aromatic rings. The van der Waals surface area contributed by atoms with E-state index in [0.717, 1.165) is 49.5 Å². The second-order valence-corrected chi connectivity index (χ2v) is 9.15. The Morgan fingerprint density at radius 1 is 1.17 bits per heavy atom. The molecule has 0 N–H and O–H groups in total. The molecular weight excluding hydrogens is 379 g/mol. The fourth-order valence-electron chi connectivity index (χ4n) is 4.92. The van der Waals surface area contributed by atoms with E-state index in [2.05, 4.69) is 30.9 Å². The highest BCUT2D eigenvalue weighted by Gasteiger charge is 2.46. The van der Waals surface area contributed by atoms with Gasteiger partial charge >= 0.3 is 0 Å². The molecule has 0 radical (unpaired) electrons. The Kier molecular flexibility index (Phi) is 5.83. The van der Waals surface area contributed by atoms with E-state index in [9.17, 15) is 9.18 Å². The number of rotatable bonds is 5. The number of benzene rings is 2. The molecule has 2 aliphatic heterocycles. The lowest BCUT2D eigenvalue weighted by atomic mass is 9.74.